The highest BCUT2D eigenvalue weighted by molar-refractivity contribution is 5.96. The number of rotatable bonds is 6. The maximum Gasteiger partial charge on any atom is 0.390 e. The molecule has 1 atom stereocenters. The first-order valence-electron chi connectivity index (χ1n) is 12.7. The van der Waals surface area contributed by atoms with E-state index in [1.54, 1.807) is 19.2 Å². The quantitative estimate of drug-likeness (QED) is 0.306. The third-order valence-corrected chi connectivity index (χ3v) is 5.74. The number of alkyl halides is 4. The van der Waals surface area contributed by atoms with E-state index in [1.165, 1.54) is 25.3 Å². The Labute approximate surface area is 247 Å². The highest BCUT2D eigenvalue weighted by atomic mass is 19.4. The van der Waals surface area contributed by atoms with E-state index in [4.69, 9.17) is 14.6 Å². The lowest BCUT2D eigenvalue weighted by Crippen LogP contribution is -2.34. The van der Waals surface area contributed by atoms with Gasteiger partial charge in [0.25, 0.3) is 5.56 Å². The first-order valence-corrected chi connectivity index (χ1v) is 12.7. The van der Waals surface area contributed by atoms with Gasteiger partial charge in [-0.25, -0.2) is 22.2 Å². The number of hydrogen-bond acceptors (Lipinski definition) is 6. The minimum atomic E-state index is -4.48. The summed E-state index contributed by atoms with van der Waals surface area (Å²) in [5, 5.41) is 12.7. The SMILES string of the molecule is CNC=O.COc1cc(F)c(C2CC(=O)N(c3ccnn(CCC(F)(F)F)c3=O)C2)c(F)c1.Cc1ccc(F)cc1.OCF. The smallest absolute Gasteiger partial charge is 0.390 e. The molecule has 4 rings (SSSR count). The van der Waals surface area contributed by atoms with Crippen molar-refractivity contribution in [3.63, 3.8) is 0 Å². The summed E-state index contributed by atoms with van der Waals surface area (Å²) in [6.45, 7) is -0.222. The van der Waals surface area contributed by atoms with Crippen LogP contribution in [0.3, 0.4) is 0 Å². The number of carbonyl (C=O) groups is 2. The highest BCUT2D eigenvalue weighted by Crippen LogP contribution is 2.35. The van der Waals surface area contributed by atoms with E-state index >= 15 is 0 Å². The van der Waals surface area contributed by atoms with Crippen LogP contribution in [0, 0.1) is 24.4 Å². The van der Waals surface area contributed by atoms with E-state index in [-0.39, 0.29) is 35.8 Å². The van der Waals surface area contributed by atoms with Crippen LogP contribution < -0.4 is 20.5 Å². The van der Waals surface area contributed by atoms with E-state index in [0.29, 0.717) is 11.1 Å². The number of hydrogen-bond donors (Lipinski definition) is 2. The fourth-order valence-corrected chi connectivity index (χ4v) is 3.77. The van der Waals surface area contributed by atoms with Gasteiger partial charge in [-0.2, -0.15) is 18.3 Å². The molecule has 1 unspecified atom stereocenters. The molecule has 1 saturated heterocycles. The predicted octanol–water partition coefficient (Wildman–Crippen LogP) is 4.41. The van der Waals surface area contributed by atoms with Crippen LogP contribution in [-0.4, -0.2) is 60.9 Å². The Balaban J connectivity index is 0.000000531. The summed E-state index contributed by atoms with van der Waals surface area (Å²) in [5.74, 6) is -3.42. The molecule has 2 heterocycles. The fraction of sp³-hybridized carbons (Fsp3) is 0.357. The largest absolute Gasteiger partial charge is 0.497 e. The first-order chi connectivity index (χ1) is 20.7. The molecule has 0 radical (unpaired) electrons. The topological polar surface area (TPSA) is 114 Å². The van der Waals surface area contributed by atoms with Crippen molar-refractivity contribution in [3.8, 4) is 5.75 Å². The van der Waals surface area contributed by atoms with E-state index in [1.807, 2.05) is 6.92 Å². The van der Waals surface area contributed by atoms with Gasteiger partial charge in [0.1, 0.15) is 28.9 Å². The number of methoxy groups -OCH3 is 1. The summed E-state index contributed by atoms with van der Waals surface area (Å²) in [5.41, 5.74) is -0.301. The third kappa shape index (κ3) is 12.0. The molecule has 0 bridgehead atoms. The number of aliphatic hydroxyl groups excluding tert-OH is 1. The minimum Gasteiger partial charge on any atom is -0.497 e. The van der Waals surface area contributed by atoms with Crippen molar-refractivity contribution >= 4 is 18.0 Å². The Kier molecular flexibility index (Phi) is 15.6. The summed E-state index contributed by atoms with van der Waals surface area (Å²) >= 11 is 0. The van der Waals surface area contributed by atoms with Crippen LogP contribution in [0.1, 0.15) is 29.9 Å². The molecule has 1 aliphatic rings. The van der Waals surface area contributed by atoms with Gasteiger partial charge in [-0.1, -0.05) is 17.7 Å². The molecular weight excluding hydrogens is 605 g/mol. The molecule has 0 spiro atoms. The van der Waals surface area contributed by atoms with Gasteiger partial charge >= 0.3 is 6.18 Å². The van der Waals surface area contributed by atoms with Gasteiger partial charge in [0.15, 0.2) is 6.86 Å². The molecule has 242 valence electrons. The van der Waals surface area contributed by atoms with Crippen LogP contribution in [0.4, 0.5) is 36.4 Å². The van der Waals surface area contributed by atoms with E-state index in [9.17, 15) is 40.3 Å². The van der Waals surface area contributed by atoms with Crippen molar-refractivity contribution in [2.45, 2.75) is 38.4 Å². The number of aryl methyl sites for hydroxylation is 2. The molecule has 2 N–H and O–H groups in total. The standard InChI is InChI=1S/C18H16F5N3O3.C7H7F.C2H5NO.CH3FO/c1-29-11-7-12(19)16(13(20)8-11)10-6-15(27)25(9-10)14-2-4-24-26(17(14)28)5-3-18(21,22)23;1-6-2-4-7(8)5-3-6;1-3-2-4;2-1-3/h2,4,7-8,10H,3,5-6,9H2,1H3;2-5H,1H3;2H,1H3,(H,3,4);3H,1H2. The van der Waals surface area contributed by atoms with Crippen molar-refractivity contribution in [2.24, 2.45) is 0 Å². The van der Waals surface area contributed by atoms with Crippen LogP contribution in [-0.2, 0) is 16.1 Å². The molecule has 3 aromatic rings. The van der Waals surface area contributed by atoms with E-state index < -0.39 is 55.0 Å². The molecule has 44 heavy (non-hydrogen) atoms. The van der Waals surface area contributed by atoms with Crippen LogP contribution in [0.2, 0.25) is 0 Å². The van der Waals surface area contributed by atoms with Crippen molar-refractivity contribution in [2.75, 3.05) is 32.5 Å². The average molecular weight is 637 g/mol. The van der Waals surface area contributed by atoms with Crippen molar-refractivity contribution < 1.29 is 50.2 Å². The Bertz CT molecular complexity index is 1360. The van der Waals surface area contributed by atoms with Gasteiger partial charge < -0.3 is 20.1 Å². The molecular formula is C28H31F7N4O5. The van der Waals surface area contributed by atoms with E-state index in [0.717, 1.165) is 28.8 Å². The molecule has 1 aliphatic heterocycles. The number of aromatic nitrogens is 2. The van der Waals surface area contributed by atoms with Crippen LogP contribution in [0.5, 0.6) is 5.75 Å². The molecule has 16 heteroatoms. The minimum absolute atomic E-state index is 0.0217. The monoisotopic (exact) mass is 636 g/mol. The van der Waals surface area contributed by atoms with Gasteiger partial charge in [-0.3, -0.25) is 14.4 Å². The molecule has 2 amide bonds. The number of nitrogens with one attached hydrogen (secondary N) is 1. The second kappa shape index (κ2) is 18.3. The first kappa shape index (κ1) is 37.6. The lowest BCUT2D eigenvalue weighted by molar-refractivity contribution is -0.137. The van der Waals surface area contributed by atoms with Crippen molar-refractivity contribution in [3.05, 3.63) is 87.6 Å². The Morgan fingerprint density at radius 1 is 1.09 bits per heavy atom. The summed E-state index contributed by atoms with van der Waals surface area (Å²) in [7, 11) is 2.81. The number of nitrogens with zero attached hydrogens (tertiary/aromatic N) is 3. The fourth-order valence-electron chi connectivity index (χ4n) is 3.77. The number of halogens is 7. The third-order valence-electron chi connectivity index (χ3n) is 5.74. The van der Waals surface area contributed by atoms with Gasteiger partial charge in [0.2, 0.25) is 12.3 Å². The van der Waals surface area contributed by atoms with Crippen molar-refractivity contribution in [1.29, 1.82) is 0 Å². The average Bonchev–Trinajstić information content (AvgIpc) is 3.34. The summed E-state index contributed by atoms with van der Waals surface area (Å²) < 4.78 is 93.2. The maximum atomic E-state index is 14.3. The van der Waals surface area contributed by atoms with Gasteiger partial charge in [-0.15, -0.1) is 0 Å². The van der Waals surface area contributed by atoms with Gasteiger partial charge in [0.05, 0.1) is 20.1 Å². The highest BCUT2D eigenvalue weighted by Gasteiger charge is 2.36. The van der Waals surface area contributed by atoms with E-state index in [2.05, 4.69) is 10.4 Å². The number of anilines is 1. The van der Waals surface area contributed by atoms with Crippen LogP contribution in [0.25, 0.3) is 0 Å². The number of aliphatic hydroxyl groups is 1. The van der Waals surface area contributed by atoms with Gasteiger partial charge in [-0.05, 0) is 25.1 Å². The second-order valence-electron chi connectivity index (χ2n) is 8.84. The summed E-state index contributed by atoms with van der Waals surface area (Å²) in [4.78, 5) is 34.9. The number of benzene rings is 2. The molecule has 2 aromatic carbocycles. The zero-order valence-electron chi connectivity index (χ0n) is 23.9. The number of carbonyl (C=O) groups excluding carboxylic acids is 2. The Hall–Kier alpha value is -4.47. The predicted molar refractivity (Wildman–Crippen MR) is 146 cm³/mol. The number of ether oxygens (including phenoxy) is 1. The molecule has 0 saturated carbocycles. The van der Waals surface area contributed by atoms with Crippen molar-refractivity contribution in [1.82, 2.24) is 15.1 Å². The van der Waals surface area contributed by atoms with Crippen LogP contribution >= 0.6 is 0 Å². The molecule has 1 aromatic heterocycles. The molecule has 0 aliphatic carbocycles. The maximum absolute atomic E-state index is 14.3. The Morgan fingerprint density at radius 3 is 2.09 bits per heavy atom. The summed E-state index contributed by atoms with van der Waals surface area (Å²) in [6.07, 6.45) is -4.27. The zero-order chi connectivity index (χ0) is 33.4. The van der Waals surface area contributed by atoms with Gasteiger partial charge in [0, 0.05) is 49.8 Å². The molecule has 9 nitrogen and oxygen atoms in total. The zero-order valence-corrected chi connectivity index (χ0v) is 23.9. The normalized spacial score (nSPS) is 13.8. The lowest BCUT2D eigenvalue weighted by Gasteiger charge is -2.18. The number of amides is 2. The lowest BCUT2D eigenvalue weighted by atomic mass is 9.97. The summed E-state index contributed by atoms with van der Waals surface area (Å²) in [6, 6.07) is 9.56. The Morgan fingerprint density at radius 2 is 1.64 bits per heavy atom. The molecule has 1 fully saturated rings. The van der Waals surface area contributed by atoms with Crippen LogP contribution in [0.15, 0.2) is 53.5 Å². The second-order valence-corrected chi connectivity index (χ2v) is 8.84.